The molecule has 1 unspecified atom stereocenters. The Morgan fingerprint density at radius 3 is 2.76 bits per heavy atom. The number of likely N-dealkylation sites (N-methyl/N-ethyl adjacent to an activating group) is 1. The third-order valence-corrected chi connectivity index (χ3v) is 4.08. The number of carbonyl (C=O) groups is 1. The summed E-state index contributed by atoms with van der Waals surface area (Å²) in [7, 11) is 0. The van der Waals surface area contributed by atoms with Gasteiger partial charge in [-0.15, -0.1) is 0 Å². The molecule has 4 nitrogen and oxygen atoms in total. The predicted molar refractivity (Wildman–Crippen MR) is 74.3 cm³/mol. The van der Waals surface area contributed by atoms with E-state index in [9.17, 15) is 4.79 Å². The van der Waals surface area contributed by atoms with Crippen LogP contribution in [0, 0.1) is 0 Å². The molecular weight excluding hydrogens is 234 g/mol. The molecule has 1 heterocycles. The summed E-state index contributed by atoms with van der Waals surface area (Å²) in [6.45, 7) is 8.01. The van der Waals surface area contributed by atoms with Gasteiger partial charge in [-0.3, -0.25) is 9.69 Å². The van der Waals surface area contributed by atoms with Gasteiger partial charge in [0, 0.05) is 25.7 Å². The minimum absolute atomic E-state index is 0.127. The summed E-state index contributed by atoms with van der Waals surface area (Å²) in [6.07, 6.45) is 2.82. The molecule has 1 fully saturated rings. The Hall–Kier alpha value is -0.260. The summed E-state index contributed by atoms with van der Waals surface area (Å²) in [4.78, 5) is 16.5. The molecular formula is C12H25N3OS. The maximum Gasteiger partial charge on any atom is 0.239 e. The molecule has 100 valence electrons. The standard InChI is InChI=1S/C12H25N3OS/c1-4-14-6-7-15(9-10(14)2)12(16)11(13)5-8-17-3/h10-11H,4-9,13H2,1-3H3/t10?,11-/m0/s1. The summed E-state index contributed by atoms with van der Waals surface area (Å²) in [6, 6.07) is 0.133. The third-order valence-electron chi connectivity index (χ3n) is 3.43. The molecule has 1 rings (SSSR count). The Morgan fingerprint density at radius 2 is 2.24 bits per heavy atom. The lowest BCUT2D eigenvalue weighted by Crippen LogP contribution is -2.56. The minimum Gasteiger partial charge on any atom is -0.339 e. The molecule has 0 radical (unpaired) electrons. The Balaban J connectivity index is 2.43. The summed E-state index contributed by atoms with van der Waals surface area (Å²) in [5, 5.41) is 0. The lowest BCUT2D eigenvalue weighted by Gasteiger charge is -2.40. The van der Waals surface area contributed by atoms with Crippen molar-refractivity contribution in [2.45, 2.75) is 32.4 Å². The van der Waals surface area contributed by atoms with Gasteiger partial charge < -0.3 is 10.6 Å². The highest BCUT2D eigenvalue weighted by Gasteiger charge is 2.28. The molecule has 17 heavy (non-hydrogen) atoms. The van der Waals surface area contributed by atoms with Crippen LogP contribution < -0.4 is 5.73 Å². The van der Waals surface area contributed by atoms with Crippen LogP contribution in [0.1, 0.15) is 20.3 Å². The van der Waals surface area contributed by atoms with E-state index in [2.05, 4.69) is 18.7 Å². The number of hydrogen-bond acceptors (Lipinski definition) is 4. The molecule has 1 aliphatic rings. The van der Waals surface area contributed by atoms with Crippen molar-refractivity contribution in [1.29, 1.82) is 0 Å². The number of piperazine rings is 1. The molecule has 2 N–H and O–H groups in total. The molecule has 0 saturated carbocycles. The van der Waals surface area contributed by atoms with E-state index in [1.807, 2.05) is 11.2 Å². The number of amides is 1. The summed E-state index contributed by atoms with van der Waals surface area (Å²) < 4.78 is 0. The lowest BCUT2D eigenvalue weighted by molar-refractivity contribution is -0.135. The molecule has 0 aromatic carbocycles. The Kier molecular flexibility index (Phi) is 6.30. The largest absolute Gasteiger partial charge is 0.339 e. The summed E-state index contributed by atoms with van der Waals surface area (Å²) >= 11 is 1.74. The van der Waals surface area contributed by atoms with Crippen LogP contribution in [-0.4, -0.2) is 66.0 Å². The molecule has 0 bridgehead atoms. The maximum absolute atomic E-state index is 12.1. The van der Waals surface area contributed by atoms with Crippen molar-refractivity contribution in [3.05, 3.63) is 0 Å². The normalized spacial score (nSPS) is 23.8. The first-order chi connectivity index (χ1) is 8.10. The van der Waals surface area contributed by atoms with Gasteiger partial charge in [-0.2, -0.15) is 11.8 Å². The van der Waals surface area contributed by atoms with Crippen LogP contribution in [0.15, 0.2) is 0 Å². The van der Waals surface area contributed by atoms with E-state index in [4.69, 9.17) is 5.73 Å². The number of carbonyl (C=O) groups excluding carboxylic acids is 1. The second-order valence-electron chi connectivity index (χ2n) is 4.65. The van der Waals surface area contributed by atoms with Crippen LogP contribution in [0.25, 0.3) is 0 Å². The number of nitrogens with two attached hydrogens (primary N) is 1. The quantitative estimate of drug-likeness (QED) is 0.786. The van der Waals surface area contributed by atoms with Gasteiger partial charge in [-0.1, -0.05) is 6.92 Å². The van der Waals surface area contributed by atoms with Gasteiger partial charge in [-0.05, 0) is 31.9 Å². The van der Waals surface area contributed by atoms with Crippen LogP contribution >= 0.6 is 11.8 Å². The fourth-order valence-electron chi connectivity index (χ4n) is 2.27. The minimum atomic E-state index is -0.317. The molecule has 1 amide bonds. The average Bonchev–Trinajstić information content (AvgIpc) is 2.34. The molecule has 0 aromatic heterocycles. The zero-order chi connectivity index (χ0) is 12.8. The number of rotatable bonds is 5. The first kappa shape index (κ1) is 14.8. The molecule has 0 aliphatic carbocycles. The average molecular weight is 259 g/mol. The zero-order valence-corrected chi connectivity index (χ0v) is 12.0. The van der Waals surface area contributed by atoms with E-state index in [-0.39, 0.29) is 11.9 Å². The third kappa shape index (κ3) is 4.16. The van der Waals surface area contributed by atoms with Crippen molar-refractivity contribution in [3.8, 4) is 0 Å². The van der Waals surface area contributed by atoms with Gasteiger partial charge in [0.15, 0.2) is 0 Å². The van der Waals surface area contributed by atoms with E-state index in [0.717, 1.165) is 38.4 Å². The second kappa shape index (κ2) is 7.24. The van der Waals surface area contributed by atoms with Gasteiger partial charge in [0.2, 0.25) is 5.91 Å². The molecule has 0 aromatic rings. The van der Waals surface area contributed by atoms with Crippen LogP contribution in [0.3, 0.4) is 0 Å². The van der Waals surface area contributed by atoms with Crippen molar-refractivity contribution in [3.63, 3.8) is 0 Å². The fraction of sp³-hybridized carbons (Fsp3) is 0.917. The first-order valence-corrected chi connectivity index (χ1v) is 7.76. The Morgan fingerprint density at radius 1 is 1.53 bits per heavy atom. The van der Waals surface area contributed by atoms with Crippen molar-refractivity contribution in [2.75, 3.05) is 38.2 Å². The SMILES string of the molecule is CCN1CCN(C(=O)[C@@H](N)CCSC)CC1C. The maximum atomic E-state index is 12.1. The van der Waals surface area contributed by atoms with Crippen molar-refractivity contribution >= 4 is 17.7 Å². The molecule has 1 aliphatic heterocycles. The van der Waals surface area contributed by atoms with Gasteiger partial charge in [0.25, 0.3) is 0 Å². The van der Waals surface area contributed by atoms with Crippen molar-refractivity contribution < 1.29 is 4.79 Å². The molecule has 2 atom stereocenters. The monoisotopic (exact) mass is 259 g/mol. The van der Waals surface area contributed by atoms with E-state index in [0.29, 0.717) is 6.04 Å². The van der Waals surface area contributed by atoms with Crippen molar-refractivity contribution in [2.24, 2.45) is 5.73 Å². The Bertz CT molecular complexity index is 250. The van der Waals surface area contributed by atoms with Crippen LogP contribution in [-0.2, 0) is 4.79 Å². The lowest BCUT2D eigenvalue weighted by atomic mass is 10.1. The Labute approximate surface area is 109 Å². The molecule has 1 saturated heterocycles. The molecule has 5 heteroatoms. The highest BCUT2D eigenvalue weighted by atomic mass is 32.2. The van der Waals surface area contributed by atoms with Crippen LogP contribution in [0.5, 0.6) is 0 Å². The predicted octanol–water partition coefficient (Wildman–Crippen LogP) is 0.619. The fourth-order valence-corrected chi connectivity index (χ4v) is 2.76. The van der Waals surface area contributed by atoms with E-state index < -0.39 is 0 Å². The van der Waals surface area contributed by atoms with Gasteiger partial charge in [0.1, 0.15) is 0 Å². The second-order valence-corrected chi connectivity index (χ2v) is 5.64. The number of hydrogen-bond donors (Lipinski definition) is 1. The number of thioether (sulfide) groups is 1. The van der Waals surface area contributed by atoms with E-state index in [1.54, 1.807) is 11.8 Å². The first-order valence-electron chi connectivity index (χ1n) is 6.37. The van der Waals surface area contributed by atoms with E-state index in [1.165, 1.54) is 0 Å². The molecule has 0 spiro atoms. The van der Waals surface area contributed by atoms with Gasteiger partial charge >= 0.3 is 0 Å². The summed E-state index contributed by atoms with van der Waals surface area (Å²) in [5.74, 6) is 1.08. The summed E-state index contributed by atoms with van der Waals surface area (Å²) in [5.41, 5.74) is 5.93. The smallest absolute Gasteiger partial charge is 0.239 e. The van der Waals surface area contributed by atoms with Crippen LogP contribution in [0.4, 0.5) is 0 Å². The van der Waals surface area contributed by atoms with Crippen LogP contribution in [0.2, 0.25) is 0 Å². The van der Waals surface area contributed by atoms with Gasteiger partial charge in [-0.25, -0.2) is 0 Å². The van der Waals surface area contributed by atoms with E-state index >= 15 is 0 Å². The highest BCUT2D eigenvalue weighted by Crippen LogP contribution is 2.11. The number of nitrogens with zero attached hydrogens (tertiary/aromatic N) is 2. The van der Waals surface area contributed by atoms with Crippen molar-refractivity contribution in [1.82, 2.24) is 9.80 Å². The van der Waals surface area contributed by atoms with Gasteiger partial charge in [0.05, 0.1) is 6.04 Å². The zero-order valence-electron chi connectivity index (χ0n) is 11.2. The topological polar surface area (TPSA) is 49.6 Å². The highest BCUT2D eigenvalue weighted by molar-refractivity contribution is 7.98.